The maximum atomic E-state index is 12.8. The second-order valence-corrected chi connectivity index (χ2v) is 7.68. The van der Waals surface area contributed by atoms with Gasteiger partial charge in [-0.2, -0.15) is 4.37 Å². The monoisotopic (exact) mass is 415 g/mol. The molecule has 4 rings (SSSR count). The molecule has 150 valence electrons. The van der Waals surface area contributed by atoms with Crippen molar-refractivity contribution in [2.45, 2.75) is 12.8 Å². The lowest BCUT2D eigenvalue weighted by atomic mass is 10.1. The summed E-state index contributed by atoms with van der Waals surface area (Å²) in [6, 6.07) is 24.8. The number of benzene rings is 3. The van der Waals surface area contributed by atoms with Crippen molar-refractivity contribution in [3.05, 3.63) is 95.7 Å². The maximum absolute atomic E-state index is 12.8. The Morgan fingerprint density at radius 1 is 0.833 bits per heavy atom. The van der Waals surface area contributed by atoms with Crippen molar-refractivity contribution in [1.82, 2.24) is 9.69 Å². The molecule has 0 fully saturated rings. The van der Waals surface area contributed by atoms with E-state index in [1.807, 2.05) is 42.5 Å². The predicted octanol–water partition coefficient (Wildman–Crippen LogP) is 4.91. The maximum Gasteiger partial charge on any atom is 0.276 e. The third-order valence-electron chi connectivity index (χ3n) is 4.78. The van der Waals surface area contributed by atoms with Crippen molar-refractivity contribution in [3.8, 4) is 0 Å². The van der Waals surface area contributed by atoms with Crippen molar-refractivity contribution in [3.63, 3.8) is 0 Å². The number of carbonyl (C=O) groups excluding carboxylic acids is 2. The van der Waals surface area contributed by atoms with E-state index in [1.165, 1.54) is 17.1 Å². The third kappa shape index (κ3) is 4.55. The molecular weight excluding hydrogens is 394 g/mol. The number of para-hydroxylation sites is 1. The molecule has 2 N–H and O–H groups in total. The van der Waals surface area contributed by atoms with E-state index in [2.05, 4.69) is 27.1 Å². The van der Waals surface area contributed by atoms with Crippen molar-refractivity contribution in [2.75, 3.05) is 11.9 Å². The second-order valence-electron chi connectivity index (χ2n) is 6.87. The number of rotatable bonds is 7. The van der Waals surface area contributed by atoms with Gasteiger partial charge in [0, 0.05) is 11.9 Å². The Morgan fingerprint density at radius 3 is 2.43 bits per heavy atom. The Kier molecular flexibility index (Phi) is 6.15. The van der Waals surface area contributed by atoms with E-state index >= 15 is 0 Å². The first-order chi connectivity index (χ1) is 14.7. The number of nitrogens with one attached hydrogen (secondary N) is 2. The Balaban J connectivity index is 1.40. The summed E-state index contributed by atoms with van der Waals surface area (Å²) in [5.41, 5.74) is 2.52. The number of hydrogen-bond donors (Lipinski definition) is 2. The van der Waals surface area contributed by atoms with Crippen LogP contribution in [0.3, 0.4) is 0 Å². The smallest absolute Gasteiger partial charge is 0.276 e. The molecule has 0 spiro atoms. The zero-order valence-electron chi connectivity index (χ0n) is 16.3. The van der Waals surface area contributed by atoms with Gasteiger partial charge in [-0.3, -0.25) is 9.59 Å². The van der Waals surface area contributed by atoms with Crippen LogP contribution in [0.2, 0.25) is 0 Å². The van der Waals surface area contributed by atoms with E-state index in [4.69, 9.17) is 0 Å². The molecule has 0 aliphatic heterocycles. The van der Waals surface area contributed by atoms with Crippen LogP contribution in [0, 0.1) is 0 Å². The molecule has 1 aromatic heterocycles. The minimum Gasteiger partial charge on any atom is -0.352 e. The van der Waals surface area contributed by atoms with Crippen LogP contribution < -0.4 is 10.6 Å². The van der Waals surface area contributed by atoms with Crippen molar-refractivity contribution in [1.29, 1.82) is 0 Å². The first-order valence-corrected chi connectivity index (χ1v) is 10.6. The summed E-state index contributed by atoms with van der Waals surface area (Å²) < 4.78 is 5.24. The highest BCUT2D eigenvalue weighted by Crippen LogP contribution is 2.24. The average molecular weight is 416 g/mol. The minimum absolute atomic E-state index is 0.206. The lowest BCUT2D eigenvalue weighted by molar-refractivity contribution is 0.0954. The van der Waals surface area contributed by atoms with E-state index < -0.39 is 0 Å². The molecule has 0 saturated carbocycles. The number of hydrogen-bond acceptors (Lipinski definition) is 4. The summed E-state index contributed by atoms with van der Waals surface area (Å²) in [4.78, 5) is 25.5. The van der Waals surface area contributed by atoms with Crippen LogP contribution in [-0.2, 0) is 6.42 Å². The fourth-order valence-electron chi connectivity index (χ4n) is 3.26. The van der Waals surface area contributed by atoms with Gasteiger partial charge in [0.15, 0.2) is 0 Å². The Labute approximate surface area is 178 Å². The molecule has 1 heterocycles. The highest BCUT2D eigenvalue weighted by Gasteiger charge is 2.17. The zero-order valence-corrected chi connectivity index (χ0v) is 17.1. The van der Waals surface area contributed by atoms with Crippen molar-refractivity contribution < 1.29 is 9.59 Å². The standard InChI is InChI=1S/C24H21N3O2S/c28-23(25-16-8-11-17-9-2-1-3-10-17)18-12-4-6-14-20(18)26-24(29)22-19-13-5-7-15-21(19)30-27-22/h1-7,9-10,12-15H,8,11,16H2,(H,25,28)(H,26,29). The molecular formula is C24H21N3O2S. The minimum atomic E-state index is -0.322. The fraction of sp³-hybridized carbons (Fsp3) is 0.125. The predicted molar refractivity (Wildman–Crippen MR) is 121 cm³/mol. The molecule has 4 aromatic rings. The quantitative estimate of drug-likeness (QED) is 0.421. The normalized spacial score (nSPS) is 10.7. The van der Waals surface area contributed by atoms with E-state index in [0.717, 1.165) is 22.9 Å². The molecule has 0 bridgehead atoms. The molecule has 30 heavy (non-hydrogen) atoms. The summed E-state index contributed by atoms with van der Waals surface area (Å²) in [7, 11) is 0. The number of anilines is 1. The van der Waals surface area contributed by atoms with Crippen LogP contribution in [0.15, 0.2) is 78.9 Å². The molecule has 0 atom stereocenters. The molecule has 6 heteroatoms. The van der Waals surface area contributed by atoms with E-state index in [9.17, 15) is 9.59 Å². The van der Waals surface area contributed by atoms with Gasteiger partial charge in [0.05, 0.1) is 16.0 Å². The molecule has 3 aromatic carbocycles. The number of carbonyl (C=O) groups is 2. The summed E-state index contributed by atoms with van der Waals surface area (Å²) in [5.74, 6) is -0.529. The van der Waals surface area contributed by atoms with Crippen LogP contribution in [0.4, 0.5) is 5.69 Å². The van der Waals surface area contributed by atoms with Gasteiger partial charge in [-0.1, -0.05) is 60.7 Å². The summed E-state index contributed by atoms with van der Waals surface area (Å²) >= 11 is 1.28. The van der Waals surface area contributed by atoms with Gasteiger partial charge in [0.1, 0.15) is 5.69 Å². The van der Waals surface area contributed by atoms with Crippen molar-refractivity contribution in [2.24, 2.45) is 0 Å². The third-order valence-corrected chi connectivity index (χ3v) is 5.61. The first kappa shape index (κ1) is 19.8. The average Bonchev–Trinajstić information content (AvgIpc) is 3.22. The molecule has 5 nitrogen and oxygen atoms in total. The summed E-state index contributed by atoms with van der Waals surface area (Å²) in [6.45, 7) is 0.562. The van der Waals surface area contributed by atoms with Crippen LogP contribution in [0.25, 0.3) is 10.1 Å². The number of nitrogens with zero attached hydrogens (tertiary/aromatic N) is 1. The van der Waals surface area contributed by atoms with Crippen molar-refractivity contribution >= 4 is 39.1 Å². The Morgan fingerprint density at radius 2 is 1.57 bits per heavy atom. The summed E-state index contributed by atoms with van der Waals surface area (Å²) in [6.07, 6.45) is 1.74. The summed E-state index contributed by atoms with van der Waals surface area (Å²) in [5, 5.41) is 6.60. The van der Waals surface area contributed by atoms with E-state index in [0.29, 0.717) is 23.5 Å². The molecule has 0 saturated heterocycles. The van der Waals surface area contributed by atoms with Gasteiger partial charge in [0.2, 0.25) is 0 Å². The molecule has 0 radical (unpaired) electrons. The Hall–Kier alpha value is -3.51. The number of amides is 2. The van der Waals surface area contributed by atoms with Crippen LogP contribution in [0.5, 0.6) is 0 Å². The van der Waals surface area contributed by atoms with Crippen LogP contribution in [-0.4, -0.2) is 22.7 Å². The fourth-order valence-corrected chi connectivity index (χ4v) is 4.03. The largest absolute Gasteiger partial charge is 0.352 e. The topological polar surface area (TPSA) is 71.1 Å². The molecule has 0 aliphatic rings. The molecule has 0 unspecified atom stereocenters. The number of aryl methyl sites for hydroxylation is 1. The van der Waals surface area contributed by atoms with Gasteiger partial charge in [-0.15, -0.1) is 0 Å². The molecule has 0 aliphatic carbocycles. The van der Waals surface area contributed by atoms with Crippen LogP contribution in [0.1, 0.15) is 32.8 Å². The molecule has 2 amide bonds. The highest BCUT2D eigenvalue weighted by molar-refractivity contribution is 7.13. The first-order valence-electron chi connectivity index (χ1n) is 9.79. The van der Waals surface area contributed by atoms with Crippen LogP contribution >= 0.6 is 11.5 Å². The van der Waals surface area contributed by atoms with E-state index in [-0.39, 0.29) is 11.8 Å². The van der Waals surface area contributed by atoms with Gasteiger partial charge >= 0.3 is 0 Å². The van der Waals surface area contributed by atoms with Gasteiger partial charge in [0.25, 0.3) is 11.8 Å². The zero-order chi connectivity index (χ0) is 20.8. The number of aromatic nitrogens is 1. The lowest BCUT2D eigenvalue weighted by Crippen LogP contribution is -2.26. The van der Waals surface area contributed by atoms with Gasteiger partial charge in [-0.05, 0) is 48.1 Å². The Bertz CT molecular complexity index is 1170. The highest BCUT2D eigenvalue weighted by atomic mass is 32.1. The second kappa shape index (κ2) is 9.33. The SMILES string of the molecule is O=C(NCCCc1ccccc1)c1ccccc1NC(=O)c1nsc2ccccc12. The number of fused-ring (bicyclic) bond motifs is 1. The van der Waals surface area contributed by atoms with Gasteiger partial charge < -0.3 is 10.6 Å². The lowest BCUT2D eigenvalue weighted by Gasteiger charge is -2.11. The van der Waals surface area contributed by atoms with Gasteiger partial charge in [-0.25, -0.2) is 0 Å². The van der Waals surface area contributed by atoms with E-state index in [1.54, 1.807) is 24.3 Å².